The first kappa shape index (κ1) is 14.5. The zero-order chi connectivity index (χ0) is 12.9. The molecule has 1 atom stereocenters. The van der Waals surface area contributed by atoms with Gasteiger partial charge >= 0.3 is 0 Å². The SMILES string of the molecule is CC1CCCCN1CCCNC(=O)C(C)(C)N. The summed E-state index contributed by atoms with van der Waals surface area (Å²) < 4.78 is 0. The van der Waals surface area contributed by atoms with Crippen LogP contribution < -0.4 is 11.1 Å². The van der Waals surface area contributed by atoms with Crippen LogP contribution in [-0.4, -0.2) is 42.0 Å². The van der Waals surface area contributed by atoms with Gasteiger partial charge < -0.3 is 16.0 Å². The summed E-state index contributed by atoms with van der Waals surface area (Å²) in [5.74, 6) is -0.0656. The molecule has 0 radical (unpaired) electrons. The summed E-state index contributed by atoms with van der Waals surface area (Å²) in [6.07, 6.45) is 4.98. The van der Waals surface area contributed by atoms with Crippen LogP contribution in [0.15, 0.2) is 0 Å². The molecule has 0 aromatic heterocycles. The highest BCUT2D eigenvalue weighted by Crippen LogP contribution is 2.15. The van der Waals surface area contributed by atoms with Gasteiger partial charge in [-0.15, -0.1) is 0 Å². The number of nitrogens with two attached hydrogens (primary N) is 1. The summed E-state index contributed by atoms with van der Waals surface area (Å²) in [5.41, 5.74) is 4.94. The summed E-state index contributed by atoms with van der Waals surface area (Å²) in [6.45, 7) is 8.76. The first-order valence-corrected chi connectivity index (χ1v) is 6.72. The van der Waals surface area contributed by atoms with Crippen LogP contribution >= 0.6 is 0 Å². The largest absolute Gasteiger partial charge is 0.354 e. The number of rotatable bonds is 5. The maximum atomic E-state index is 11.5. The minimum Gasteiger partial charge on any atom is -0.354 e. The first-order valence-electron chi connectivity index (χ1n) is 6.72. The van der Waals surface area contributed by atoms with Gasteiger partial charge in [-0.25, -0.2) is 0 Å². The number of carbonyl (C=O) groups is 1. The fourth-order valence-electron chi connectivity index (χ4n) is 2.20. The topological polar surface area (TPSA) is 58.4 Å². The predicted molar refractivity (Wildman–Crippen MR) is 70.8 cm³/mol. The van der Waals surface area contributed by atoms with Crippen molar-refractivity contribution in [2.24, 2.45) is 5.73 Å². The van der Waals surface area contributed by atoms with Crippen LogP contribution in [0.2, 0.25) is 0 Å². The van der Waals surface area contributed by atoms with E-state index in [1.165, 1.54) is 25.8 Å². The number of amides is 1. The fraction of sp³-hybridized carbons (Fsp3) is 0.923. The summed E-state index contributed by atoms with van der Waals surface area (Å²) >= 11 is 0. The standard InChI is InChI=1S/C13H27N3O/c1-11-7-4-5-9-16(11)10-6-8-15-12(17)13(2,3)14/h11H,4-10,14H2,1-3H3,(H,15,17). The number of hydrogen-bond acceptors (Lipinski definition) is 3. The van der Waals surface area contributed by atoms with Crippen LogP contribution in [0.5, 0.6) is 0 Å². The zero-order valence-corrected chi connectivity index (χ0v) is 11.5. The Balaban J connectivity index is 2.13. The summed E-state index contributed by atoms with van der Waals surface area (Å²) in [7, 11) is 0. The zero-order valence-electron chi connectivity index (χ0n) is 11.5. The van der Waals surface area contributed by atoms with Crippen LogP contribution in [0.4, 0.5) is 0 Å². The van der Waals surface area contributed by atoms with E-state index in [0.717, 1.165) is 19.5 Å². The molecule has 1 fully saturated rings. The van der Waals surface area contributed by atoms with Gasteiger partial charge in [-0.2, -0.15) is 0 Å². The van der Waals surface area contributed by atoms with E-state index in [1.54, 1.807) is 13.8 Å². The van der Waals surface area contributed by atoms with Crippen molar-refractivity contribution in [2.45, 2.75) is 58.0 Å². The van der Waals surface area contributed by atoms with E-state index in [0.29, 0.717) is 6.04 Å². The van der Waals surface area contributed by atoms with Crippen LogP contribution in [-0.2, 0) is 4.79 Å². The number of piperidine rings is 1. The number of hydrogen-bond donors (Lipinski definition) is 2. The Kier molecular flexibility index (Phi) is 5.40. The molecule has 1 heterocycles. The van der Waals surface area contributed by atoms with Gasteiger partial charge in [0.25, 0.3) is 0 Å². The number of carbonyl (C=O) groups excluding carboxylic acids is 1. The molecule has 1 rings (SSSR count). The van der Waals surface area contributed by atoms with Gasteiger partial charge in [0.1, 0.15) is 0 Å². The van der Waals surface area contributed by atoms with Crippen molar-refractivity contribution >= 4 is 5.91 Å². The third-order valence-electron chi connectivity index (χ3n) is 3.43. The highest BCUT2D eigenvalue weighted by Gasteiger charge is 2.21. The Morgan fingerprint density at radius 1 is 1.47 bits per heavy atom. The lowest BCUT2D eigenvalue weighted by Gasteiger charge is -2.33. The fourth-order valence-corrected chi connectivity index (χ4v) is 2.20. The van der Waals surface area contributed by atoms with Crippen molar-refractivity contribution < 1.29 is 4.79 Å². The van der Waals surface area contributed by atoms with E-state index >= 15 is 0 Å². The monoisotopic (exact) mass is 241 g/mol. The molecule has 1 amide bonds. The van der Waals surface area contributed by atoms with Crippen LogP contribution in [0, 0.1) is 0 Å². The molecular weight excluding hydrogens is 214 g/mol. The van der Waals surface area contributed by atoms with E-state index < -0.39 is 5.54 Å². The average Bonchev–Trinajstić information content (AvgIpc) is 2.25. The Labute approximate surface area is 105 Å². The third-order valence-corrected chi connectivity index (χ3v) is 3.43. The van der Waals surface area contributed by atoms with E-state index in [4.69, 9.17) is 5.73 Å². The minimum absolute atomic E-state index is 0.0656. The molecule has 0 aromatic rings. The molecule has 0 spiro atoms. The summed E-state index contributed by atoms with van der Waals surface area (Å²) in [4.78, 5) is 14.0. The second-order valence-electron chi connectivity index (χ2n) is 5.71. The normalized spacial score (nSPS) is 22.5. The van der Waals surface area contributed by atoms with Gasteiger partial charge in [-0.05, 0) is 46.6 Å². The summed E-state index contributed by atoms with van der Waals surface area (Å²) in [5, 5.41) is 2.89. The molecule has 1 saturated heterocycles. The predicted octanol–water partition coefficient (Wildman–Crippen LogP) is 1.10. The summed E-state index contributed by atoms with van der Waals surface area (Å²) in [6, 6.07) is 0.699. The van der Waals surface area contributed by atoms with Crippen LogP contribution in [0.3, 0.4) is 0 Å². The number of nitrogens with one attached hydrogen (secondary N) is 1. The highest BCUT2D eigenvalue weighted by atomic mass is 16.2. The molecular formula is C13H27N3O. The van der Waals surface area contributed by atoms with E-state index in [1.807, 2.05) is 0 Å². The second kappa shape index (κ2) is 6.36. The van der Waals surface area contributed by atoms with E-state index in [-0.39, 0.29) is 5.91 Å². The molecule has 4 nitrogen and oxygen atoms in total. The van der Waals surface area contributed by atoms with Gasteiger partial charge in [0, 0.05) is 19.1 Å². The molecule has 0 aliphatic carbocycles. The van der Waals surface area contributed by atoms with Gasteiger partial charge in [-0.3, -0.25) is 4.79 Å². The molecule has 1 aliphatic heterocycles. The maximum absolute atomic E-state index is 11.5. The smallest absolute Gasteiger partial charge is 0.239 e. The molecule has 0 bridgehead atoms. The van der Waals surface area contributed by atoms with Gasteiger partial charge in [-0.1, -0.05) is 6.42 Å². The molecule has 100 valence electrons. The Morgan fingerprint density at radius 3 is 2.76 bits per heavy atom. The van der Waals surface area contributed by atoms with Crippen LogP contribution in [0.25, 0.3) is 0 Å². The van der Waals surface area contributed by atoms with Gasteiger partial charge in [0.15, 0.2) is 0 Å². The Bertz CT molecular complexity index is 248. The third kappa shape index (κ3) is 5.04. The molecule has 4 heteroatoms. The minimum atomic E-state index is -0.765. The molecule has 0 saturated carbocycles. The Hall–Kier alpha value is -0.610. The van der Waals surface area contributed by atoms with Crippen molar-refractivity contribution in [3.63, 3.8) is 0 Å². The number of likely N-dealkylation sites (tertiary alicyclic amines) is 1. The van der Waals surface area contributed by atoms with Crippen molar-refractivity contribution in [3.05, 3.63) is 0 Å². The highest BCUT2D eigenvalue weighted by molar-refractivity contribution is 5.84. The lowest BCUT2D eigenvalue weighted by atomic mass is 10.0. The molecule has 1 aliphatic rings. The van der Waals surface area contributed by atoms with Crippen molar-refractivity contribution in [3.8, 4) is 0 Å². The lowest BCUT2D eigenvalue weighted by molar-refractivity contribution is -0.125. The maximum Gasteiger partial charge on any atom is 0.239 e. The van der Waals surface area contributed by atoms with E-state index in [2.05, 4.69) is 17.1 Å². The van der Waals surface area contributed by atoms with Gasteiger partial charge in [0.05, 0.1) is 5.54 Å². The molecule has 17 heavy (non-hydrogen) atoms. The quantitative estimate of drug-likeness (QED) is 0.709. The lowest BCUT2D eigenvalue weighted by Crippen LogP contribution is -2.49. The van der Waals surface area contributed by atoms with Crippen LogP contribution in [0.1, 0.15) is 46.5 Å². The Morgan fingerprint density at radius 2 is 2.18 bits per heavy atom. The number of nitrogens with zero attached hydrogens (tertiary/aromatic N) is 1. The average molecular weight is 241 g/mol. The van der Waals surface area contributed by atoms with Crippen molar-refractivity contribution in [1.29, 1.82) is 0 Å². The van der Waals surface area contributed by atoms with Crippen molar-refractivity contribution in [2.75, 3.05) is 19.6 Å². The molecule has 0 aromatic carbocycles. The molecule has 3 N–H and O–H groups in total. The van der Waals surface area contributed by atoms with Crippen molar-refractivity contribution in [1.82, 2.24) is 10.2 Å². The first-order chi connectivity index (χ1) is 7.91. The molecule has 1 unspecified atom stereocenters. The van der Waals surface area contributed by atoms with Gasteiger partial charge in [0.2, 0.25) is 5.91 Å². The van der Waals surface area contributed by atoms with E-state index in [9.17, 15) is 4.79 Å². The second-order valence-corrected chi connectivity index (χ2v) is 5.71.